The molecule has 1 fully saturated rings. The molecule has 1 saturated heterocycles. The number of sulfonamides is 1. The van der Waals surface area contributed by atoms with Crippen LogP contribution in [0.2, 0.25) is 0 Å². The van der Waals surface area contributed by atoms with Crippen LogP contribution in [0.15, 0.2) is 29.2 Å². The van der Waals surface area contributed by atoms with E-state index >= 15 is 0 Å². The van der Waals surface area contributed by atoms with Gasteiger partial charge in [0.25, 0.3) is 0 Å². The molecule has 1 aliphatic rings. The summed E-state index contributed by atoms with van der Waals surface area (Å²) in [6.07, 6.45) is 2.80. The molecule has 0 saturated carbocycles. The van der Waals surface area contributed by atoms with Crippen molar-refractivity contribution < 1.29 is 17.5 Å². The molecular weight excluding hydrogens is 269 g/mol. The summed E-state index contributed by atoms with van der Waals surface area (Å²) < 4.78 is 44.8. The summed E-state index contributed by atoms with van der Waals surface area (Å²) in [6.45, 7) is 0.926. The van der Waals surface area contributed by atoms with Crippen molar-refractivity contribution in [2.75, 3.05) is 20.2 Å². The minimum atomic E-state index is -3.79. The number of halogens is 1. The van der Waals surface area contributed by atoms with E-state index < -0.39 is 15.8 Å². The molecule has 6 heteroatoms. The van der Waals surface area contributed by atoms with E-state index in [4.69, 9.17) is 4.74 Å². The van der Waals surface area contributed by atoms with E-state index in [9.17, 15) is 12.8 Å². The van der Waals surface area contributed by atoms with Crippen molar-refractivity contribution in [3.05, 3.63) is 30.1 Å². The number of hydrogen-bond acceptors (Lipinski definition) is 3. The topological polar surface area (TPSA) is 46.6 Å². The van der Waals surface area contributed by atoms with Gasteiger partial charge < -0.3 is 4.74 Å². The highest BCUT2D eigenvalue weighted by molar-refractivity contribution is 7.89. The summed E-state index contributed by atoms with van der Waals surface area (Å²) in [7, 11) is -2.33. The van der Waals surface area contributed by atoms with E-state index in [0.717, 1.165) is 25.3 Å². The second kappa shape index (κ2) is 5.98. The van der Waals surface area contributed by atoms with E-state index in [1.807, 2.05) is 0 Å². The molecule has 1 aliphatic heterocycles. The largest absolute Gasteiger partial charge is 0.377 e. The van der Waals surface area contributed by atoms with Crippen LogP contribution in [0.25, 0.3) is 0 Å². The maximum absolute atomic E-state index is 13.6. The summed E-state index contributed by atoms with van der Waals surface area (Å²) in [5.41, 5.74) is 0. The molecule has 19 heavy (non-hydrogen) atoms. The Balaban J connectivity index is 2.13. The quantitative estimate of drug-likeness (QED) is 0.851. The van der Waals surface area contributed by atoms with Gasteiger partial charge in [0.05, 0.1) is 6.10 Å². The Morgan fingerprint density at radius 2 is 2.11 bits per heavy atom. The number of likely N-dealkylation sites (N-methyl/N-ethyl adjacent to an activating group) is 1. The molecule has 1 aromatic rings. The molecule has 1 unspecified atom stereocenters. The Morgan fingerprint density at radius 3 is 2.74 bits per heavy atom. The summed E-state index contributed by atoms with van der Waals surface area (Å²) in [5, 5.41) is 0. The van der Waals surface area contributed by atoms with Gasteiger partial charge in [0.2, 0.25) is 10.0 Å². The second-order valence-corrected chi connectivity index (χ2v) is 6.72. The fraction of sp³-hybridized carbons (Fsp3) is 0.538. The Bertz CT molecular complexity index is 526. The molecule has 1 atom stereocenters. The second-order valence-electron chi connectivity index (χ2n) is 4.70. The molecule has 2 rings (SSSR count). The van der Waals surface area contributed by atoms with Crippen LogP contribution < -0.4 is 0 Å². The average Bonchev–Trinajstić information content (AvgIpc) is 2.40. The Kier molecular flexibility index (Phi) is 4.54. The third-order valence-electron chi connectivity index (χ3n) is 3.26. The number of rotatable bonds is 4. The van der Waals surface area contributed by atoms with Crippen molar-refractivity contribution in [2.24, 2.45) is 0 Å². The average molecular weight is 287 g/mol. The van der Waals surface area contributed by atoms with Gasteiger partial charge >= 0.3 is 0 Å². The molecule has 0 aromatic heterocycles. The van der Waals surface area contributed by atoms with E-state index in [1.165, 1.54) is 29.6 Å². The van der Waals surface area contributed by atoms with Gasteiger partial charge in [-0.2, -0.15) is 4.31 Å². The standard InChI is InChI=1S/C13H18FNO3S/c1-15(10-11-6-4-5-9-18-11)19(16,17)13-8-3-2-7-12(13)14/h2-3,7-8,11H,4-6,9-10H2,1H3. The van der Waals surface area contributed by atoms with Gasteiger partial charge in [-0.05, 0) is 31.4 Å². The SMILES string of the molecule is CN(CC1CCCCO1)S(=O)(=O)c1ccccc1F. The van der Waals surface area contributed by atoms with E-state index in [0.29, 0.717) is 6.61 Å². The summed E-state index contributed by atoms with van der Waals surface area (Å²) in [4.78, 5) is -0.284. The van der Waals surface area contributed by atoms with Crippen molar-refractivity contribution in [3.63, 3.8) is 0 Å². The molecule has 1 heterocycles. The zero-order valence-corrected chi connectivity index (χ0v) is 11.7. The van der Waals surface area contributed by atoms with Crippen molar-refractivity contribution in [2.45, 2.75) is 30.3 Å². The van der Waals surface area contributed by atoms with Crippen LogP contribution in [0.4, 0.5) is 4.39 Å². The molecule has 0 aliphatic carbocycles. The highest BCUT2D eigenvalue weighted by atomic mass is 32.2. The zero-order chi connectivity index (χ0) is 13.9. The smallest absolute Gasteiger partial charge is 0.245 e. The van der Waals surface area contributed by atoms with Gasteiger partial charge in [0.1, 0.15) is 10.7 Å². The Morgan fingerprint density at radius 1 is 1.37 bits per heavy atom. The summed E-state index contributed by atoms with van der Waals surface area (Å²) in [5.74, 6) is -0.723. The van der Waals surface area contributed by atoms with Crippen molar-refractivity contribution in [1.29, 1.82) is 0 Å². The van der Waals surface area contributed by atoms with Crippen LogP contribution in [0, 0.1) is 5.82 Å². The summed E-state index contributed by atoms with van der Waals surface area (Å²) in [6, 6.07) is 5.42. The Hall–Kier alpha value is -0.980. The first-order chi connectivity index (χ1) is 9.01. The molecule has 0 N–H and O–H groups in total. The molecule has 4 nitrogen and oxygen atoms in total. The van der Waals surface area contributed by atoms with Gasteiger partial charge in [0.15, 0.2) is 0 Å². The molecule has 0 radical (unpaired) electrons. The van der Waals surface area contributed by atoms with E-state index in [2.05, 4.69) is 0 Å². The van der Waals surface area contributed by atoms with Gasteiger partial charge in [-0.1, -0.05) is 12.1 Å². The number of hydrogen-bond donors (Lipinski definition) is 0. The normalized spacial score (nSPS) is 20.7. The first-order valence-corrected chi connectivity index (χ1v) is 7.78. The Labute approximate surface area is 113 Å². The van der Waals surface area contributed by atoms with Gasteiger partial charge in [-0.15, -0.1) is 0 Å². The number of nitrogens with zero attached hydrogens (tertiary/aromatic N) is 1. The summed E-state index contributed by atoms with van der Waals surface area (Å²) >= 11 is 0. The lowest BCUT2D eigenvalue weighted by Crippen LogP contribution is -2.37. The fourth-order valence-electron chi connectivity index (χ4n) is 2.16. The van der Waals surface area contributed by atoms with Gasteiger partial charge in [-0.3, -0.25) is 0 Å². The lowest BCUT2D eigenvalue weighted by atomic mass is 10.1. The monoisotopic (exact) mass is 287 g/mol. The van der Waals surface area contributed by atoms with Crippen LogP contribution in [-0.4, -0.2) is 39.0 Å². The molecule has 0 bridgehead atoms. The predicted octanol–water partition coefficient (Wildman–Crippen LogP) is 2.02. The van der Waals surface area contributed by atoms with E-state index in [-0.39, 0.29) is 17.5 Å². The van der Waals surface area contributed by atoms with Crippen molar-refractivity contribution in [1.82, 2.24) is 4.31 Å². The minimum absolute atomic E-state index is 0.0969. The number of ether oxygens (including phenoxy) is 1. The van der Waals surface area contributed by atoms with Crippen LogP contribution in [0.1, 0.15) is 19.3 Å². The van der Waals surface area contributed by atoms with Crippen molar-refractivity contribution >= 4 is 10.0 Å². The first-order valence-electron chi connectivity index (χ1n) is 6.34. The molecule has 1 aromatic carbocycles. The van der Waals surface area contributed by atoms with E-state index in [1.54, 1.807) is 0 Å². The highest BCUT2D eigenvalue weighted by Gasteiger charge is 2.27. The lowest BCUT2D eigenvalue weighted by Gasteiger charge is -2.27. The predicted molar refractivity (Wildman–Crippen MR) is 69.8 cm³/mol. The third kappa shape index (κ3) is 3.32. The first kappa shape index (κ1) is 14.4. The number of benzene rings is 1. The third-order valence-corrected chi connectivity index (χ3v) is 5.12. The minimum Gasteiger partial charge on any atom is -0.377 e. The van der Waals surface area contributed by atoms with Crippen LogP contribution >= 0.6 is 0 Å². The maximum Gasteiger partial charge on any atom is 0.245 e. The molecule has 0 amide bonds. The van der Waals surface area contributed by atoms with Crippen molar-refractivity contribution in [3.8, 4) is 0 Å². The molecule has 106 valence electrons. The molecular formula is C13H18FNO3S. The van der Waals surface area contributed by atoms with Gasteiger partial charge in [-0.25, -0.2) is 12.8 Å². The fourth-order valence-corrected chi connectivity index (χ4v) is 3.42. The van der Waals surface area contributed by atoms with Gasteiger partial charge in [0, 0.05) is 20.2 Å². The van der Waals surface area contributed by atoms with Crippen LogP contribution in [0.5, 0.6) is 0 Å². The van der Waals surface area contributed by atoms with Crippen LogP contribution in [0.3, 0.4) is 0 Å². The van der Waals surface area contributed by atoms with Crippen LogP contribution in [-0.2, 0) is 14.8 Å². The maximum atomic E-state index is 13.6. The lowest BCUT2D eigenvalue weighted by molar-refractivity contribution is 0.00856. The highest BCUT2D eigenvalue weighted by Crippen LogP contribution is 2.20. The molecule has 0 spiro atoms. The zero-order valence-electron chi connectivity index (χ0n) is 10.9.